The molecule has 3 unspecified atom stereocenters. The van der Waals surface area contributed by atoms with Crippen LogP contribution >= 0.6 is 0 Å². The summed E-state index contributed by atoms with van der Waals surface area (Å²) in [6, 6.07) is 0. The van der Waals surface area contributed by atoms with Crippen LogP contribution in [0.4, 0.5) is 0 Å². The number of hydrogen-bond donors (Lipinski definition) is 1. The van der Waals surface area contributed by atoms with E-state index in [0.29, 0.717) is 12.0 Å². The van der Waals surface area contributed by atoms with Gasteiger partial charge in [-0.15, -0.1) is 0 Å². The van der Waals surface area contributed by atoms with Gasteiger partial charge in [0.05, 0.1) is 6.10 Å². The first-order valence-electron chi connectivity index (χ1n) is 6.40. The van der Waals surface area contributed by atoms with Gasteiger partial charge in [0.25, 0.3) is 0 Å². The van der Waals surface area contributed by atoms with Crippen LogP contribution in [0, 0.1) is 5.92 Å². The molecule has 2 rings (SSSR count). The summed E-state index contributed by atoms with van der Waals surface area (Å²) >= 11 is 0. The molecule has 18 heavy (non-hydrogen) atoms. The van der Waals surface area contributed by atoms with Crippen molar-refractivity contribution in [3.8, 4) is 0 Å². The van der Waals surface area contributed by atoms with Crippen molar-refractivity contribution in [3.63, 3.8) is 0 Å². The SMILES string of the molecule is C=C1C(=O)OC2C=C(C)CC(O)C=C(C)CCC12. The van der Waals surface area contributed by atoms with Crippen LogP contribution in [0.15, 0.2) is 35.5 Å². The maximum atomic E-state index is 11.6. The Morgan fingerprint density at radius 3 is 2.78 bits per heavy atom. The molecule has 1 saturated heterocycles. The van der Waals surface area contributed by atoms with E-state index in [2.05, 4.69) is 6.58 Å². The number of aliphatic hydroxyl groups is 1. The molecule has 1 N–H and O–H groups in total. The van der Waals surface area contributed by atoms with Gasteiger partial charge in [-0.3, -0.25) is 0 Å². The highest BCUT2D eigenvalue weighted by Gasteiger charge is 2.37. The van der Waals surface area contributed by atoms with Gasteiger partial charge in [0, 0.05) is 11.5 Å². The van der Waals surface area contributed by atoms with Crippen molar-refractivity contribution in [2.75, 3.05) is 0 Å². The lowest BCUT2D eigenvalue weighted by molar-refractivity contribution is -0.137. The number of rotatable bonds is 0. The van der Waals surface area contributed by atoms with Crippen molar-refractivity contribution >= 4 is 5.97 Å². The van der Waals surface area contributed by atoms with Crippen LogP contribution in [0.2, 0.25) is 0 Å². The summed E-state index contributed by atoms with van der Waals surface area (Å²) in [5.74, 6) is -0.207. The van der Waals surface area contributed by atoms with Crippen LogP contribution < -0.4 is 0 Å². The average Bonchev–Trinajstić information content (AvgIpc) is 2.51. The molecule has 2 aliphatic rings. The average molecular weight is 248 g/mol. The number of aliphatic hydroxyl groups excluding tert-OH is 1. The van der Waals surface area contributed by atoms with Gasteiger partial charge in [0.15, 0.2) is 0 Å². The molecule has 1 heterocycles. The maximum Gasteiger partial charge on any atom is 0.334 e. The highest BCUT2D eigenvalue weighted by molar-refractivity contribution is 5.91. The Bertz CT molecular complexity index is 431. The van der Waals surface area contributed by atoms with Crippen molar-refractivity contribution < 1.29 is 14.6 Å². The first kappa shape index (κ1) is 13.1. The van der Waals surface area contributed by atoms with Crippen molar-refractivity contribution in [2.45, 2.75) is 45.3 Å². The Kier molecular flexibility index (Phi) is 3.71. The second-order valence-corrected chi connectivity index (χ2v) is 5.34. The topological polar surface area (TPSA) is 46.5 Å². The lowest BCUT2D eigenvalue weighted by Crippen LogP contribution is -2.17. The van der Waals surface area contributed by atoms with E-state index in [0.717, 1.165) is 24.0 Å². The summed E-state index contributed by atoms with van der Waals surface area (Å²) in [6.45, 7) is 7.81. The van der Waals surface area contributed by atoms with Gasteiger partial charge in [-0.25, -0.2) is 4.79 Å². The molecule has 0 saturated carbocycles. The summed E-state index contributed by atoms with van der Waals surface area (Å²) < 4.78 is 5.33. The lowest BCUT2D eigenvalue weighted by Gasteiger charge is -2.18. The van der Waals surface area contributed by atoms with Crippen LogP contribution in [-0.4, -0.2) is 23.3 Å². The van der Waals surface area contributed by atoms with Crippen LogP contribution in [0.25, 0.3) is 0 Å². The van der Waals surface area contributed by atoms with Crippen molar-refractivity contribution in [1.82, 2.24) is 0 Å². The molecule has 0 aromatic heterocycles. The third-order valence-corrected chi connectivity index (χ3v) is 3.66. The number of carbonyl (C=O) groups excluding carboxylic acids is 1. The molecule has 0 spiro atoms. The van der Waals surface area contributed by atoms with Crippen LogP contribution in [0.5, 0.6) is 0 Å². The second-order valence-electron chi connectivity index (χ2n) is 5.34. The normalized spacial score (nSPS) is 33.4. The van der Waals surface area contributed by atoms with Crippen molar-refractivity contribution in [2.24, 2.45) is 5.92 Å². The minimum absolute atomic E-state index is 0.0750. The fraction of sp³-hybridized carbons (Fsp3) is 0.533. The molecule has 1 fully saturated rings. The summed E-state index contributed by atoms with van der Waals surface area (Å²) in [5.41, 5.74) is 2.78. The van der Waals surface area contributed by atoms with E-state index in [4.69, 9.17) is 4.74 Å². The second kappa shape index (κ2) is 5.11. The quantitative estimate of drug-likeness (QED) is 0.407. The predicted octanol–water partition coefficient (Wildman–Crippen LogP) is 2.52. The zero-order valence-corrected chi connectivity index (χ0v) is 11.0. The first-order chi connectivity index (χ1) is 8.47. The van der Waals surface area contributed by atoms with E-state index in [1.165, 1.54) is 0 Å². The first-order valence-corrected chi connectivity index (χ1v) is 6.40. The maximum absolute atomic E-state index is 11.6. The third kappa shape index (κ3) is 2.72. The molecule has 1 aliphatic carbocycles. The fourth-order valence-corrected chi connectivity index (χ4v) is 2.65. The molecular weight excluding hydrogens is 228 g/mol. The summed E-state index contributed by atoms with van der Waals surface area (Å²) in [6.07, 6.45) is 5.50. The molecule has 0 bridgehead atoms. The molecule has 3 atom stereocenters. The van der Waals surface area contributed by atoms with Gasteiger partial charge in [0.1, 0.15) is 6.10 Å². The largest absolute Gasteiger partial charge is 0.454 e. The summed E-state index contributed by atoms with van der Waals surface area (Å²) in [7, 11) is 0. The lowest BCUT2D eigenvalue weighted by atomic mass is 9.88. The molecule has 0 aromatic carbocycles. The number of allylic oxidation sites excluding steroid dienone is 1. The van der Waals surface area contributed by atoms with Gasteiger partial charge in [-0.1, -0.05) is 23.8 Å². The van der Waals surface area contributed by atoms with Crippen molar-refractivity contribution in [3.05, 3.63) is 35.5 Å². The number of carbonyl (C=O) groups is 1. The van der Waals surface area contributed by atoms with Gasteiger partial charge in [0.2, 0.25) is 0 Å². The third-order valence-electron chi connectivity index (χ3n) is 3.66. The van der Waals surface area contributed by atoms with E-state index in [1.807, 2.05) is 26.0 Å². The van der Waals surface area contributed by atoms with Crippen LogP contribution in [0.1, 0.15) is 33.1 Å². The standard InChI is InChI=1S/C15H20O3/c1-9-4-5-13-11(3)15(17)18-14(13)8-10(2)7-12(16)6-9/h6,8,12-14,16H,3-5,7H2,1-2H3. The molecular formula is C15H20O3. The van der Waals surface area contributed by atoms with E-state index >= 15 is 0 Å². The highest BCUT2D eigenvalue weighted by atomic mass is 16.5. The number of fused-ring (bicyclic) bond motifs is 1. The number of esters is 1. The zero-order chi connectivity index (χ0) is 13.3. The zero-order valence-electron chi connectivity index (χ0n) is 11.0. The minimum Gasteiger partial charge on any atom is -0.454 e. The summed E-state index contributed by atoms with van der Waals surface area (Å²) in [4.78, 5) is 11.6. The Hall–Kier alpha value is -1.35. The monoisotopic (exact) mass is 248 g/mol. The van der Waals surface area contributed by atoms with E-state index in [-0.39, 0.29) is 18.0 Å². The highest BCUT2D eigenvalue weighted by Crippen LogP contribution is 2.34. The van der Waals surface area contributed by atoms with Gasteiger partial charge in [-0.2, -0.15) is 0 Å². The van der Waals surface area contributed by atoms with Gasteiger partial charge in [-0.05, 0) is 39.2 Å². The Labute approximate surface area is 108 Å². The molecule has 3 nitrogen and oxygen atoms in total. The van der Waals surface area contributed by atoms with Gasteiger partial charge >= 0.3 is 5.97 Å². The van der Waals surface area contributed by atoms with E-state index < -0.39 is 6.10 Å². The van der Waals surface area contributed by atoms with Crippen molar-refractivity contribution in [1.29, 1.82) is 0 Å². The van der Waals surface area contributed by atoms with E-state index in [1.54, 1.807) is 0 Å². The molecule has 1 aliphatic heterocycles. The smallest absolute Gasteiger partial charge is 0.334 e. The summed E-state index contributed by atoms with van der Waals surface area (Å²) in [5, 5.41) is 9.87. The fourth-order valence-electron chi connectivity index (χ4n) is 2.65. The Balaban J connectivity index is 2.27. The molecule has 3 heteroatoms. The predicted molar refractivity (Wildman–Crippen MR) is 69.9 cm³/mol. The Morgan fingerprint density at radius 2 is 2.06 bits per heavy atom. The van der Waals surface area contributed by atoms with Gasteiger partial charge < -0.3 is 9.84 Å². The number of ether oxygens (including phenoxy) is 1. The van der Waals surface area contributed by atoms with Crippen LogP contribution in [-0.2, 0) is 9.53 Å². The minimum atomic E-state index is -0.446. The van der Waals surface area contributed by atoms with Crippen LogP contribution in [0.3, 0.4) is 0 Å². The Morgan fingerprint density at radius 1 is 1.33 bits per heavy atom. The molecule has 0 amide bonds. The molecule has 0 radical (unpaired) electrons. The number of hydrogen-bond acceptors (Lipinski definition) is 3. The molecule has 98 valence electrons. The molecule has 0 aromatic rings. The van der Waals surface area contributed by atoms with E-state index in [9.17, 15) is 9.90 Å².